The first-order valence-corrected chi connectivity index (χ1v) is 14.1. The van der Waals surface area contributed by atoms with Crippen LogP contribution in [-0.2, 0) is 24.4 Å². The van der Waals surface area contributed by atoms with Crippen LogP contribution in [0.3, 0.4) is 0 Å². The zero-order chi connectivity index (χ0) is 29.6. The van der Waals surface area contributed by atoms with E-state index in [-0.39, 0.29) is 48.3 Å². The van der Waals surface area contributed by atoms with Gasteiger partial charge in [-0.3, -0.25) is 28.9 Å². The van der Waals surface area contributed by atoms with Crippen LogP contribution in [0.4, 0.5) is 0 Å². The Labute approximate surface area is 242 Å². The molecule has 1 fully saturated rings. The molecule has 0 atom stereocenters. The molecule has 42 heavy (non-hydrogen) atoms. The Morgan fingerprint density at radius 2 is 1.55 bits per heavy atom. The Morgan fingerprint density at radius 1 is 0.857 bits per heavy atom. The quantitative estimate of drug-likeness (QED) is 0.181. The largest absolute Gasteiger partial charge is 0.384 e. The first kappa shape index (κ1) is 28.5. The molecule has 2 amide bonds. The number of benzene rings is 3. The highest BCUT2D eigenvalue weighted by atomic mass is 16.2. The molecule has 10 nitrogen and oxygen atoms in total. The molecule has 1 aromatic heterocycles. The topological polar surface area (TPSA) is 152 Å². The number of amidine groups is 1. The van der Waals surface area contributed by atoms with Gasteiger partial charge in [-0.25, -0.2) is 4.79 Å². The average Bonchev–Trinajstić information content (AvgIpc) is 3.01. The van der Waals surface area contributed by atoms with E-state index in [0.29, 0.717) is 11.1 Å². The predicted molar refractivity (Wildman–Crippen MR) is 162 cm³/mol. The summed E-state index contributed by atoms with van der Waals surface area (Å²) in [6.07, 6.45) is 5.14. The van der Waals surface area contributed by atoms with Gasteiger partial charge in [0, 0.05) is 23.7 Å². The maximum Gasteiger partial charge on any atom is 0.332 e. The molecule has 5 rings (SSSR count). The van der Waals surface area contributed by atoms with E-state index in [0.717, 1.165) is 47.8 Å². The van der Waals surface area contributed by atoms with Crippen molar-refractivity contribution in [3.63, 3.8) is 0 Å². The SMILES string of the molecule is N=C(N)c1ccc(CNC(=O)Cn2c(=O)n(Cc3ccccc3)c(=O)c3ccc(C(=O)NC4CCCCC4)cc32)cc1. The van der Waals surface area contributed by atoms with Gasteiger partial charge in [-0.15, -0.1) is 0 Å². The monoisotopic (exact) mass is 566 g/mol. The average molecular weight is 567 g/mol. The minimum Gasteiger partial charge on any atom is -0.384 e. The lowest BCUT2D eigenvalue weighted by Crippen LogP contribution is -2.43. The Kier molecular flexibility index (Phi) is 8.61. The zero-order valence-electron chi connectivity index (χ0n) is 23.3. The molecule has 10 heteroatoms. The Balaban J connectivity index is 1.47. The van der Waals surface area contributed by atoms with Crippen LogP contribution in [0.15, 0.2) is 82.4 Å². The number of rotatable bonds is 9. The first-order chi connectivity index (χ1) is 20.3. The van der Waals surface area contributed by atoms with E-state index < -0.39 is 17.2 Å². The van der Waals surface area contributed by atoms with Gasteiger partial charge in [0.2, 0.25) is 5.91 Å². The van der Waals surface area contributed by atoms with Crippen molar-refractivity contribution >= 4 is 28.6 Å². The van der Waals surface area contributed by atoms with Crippen LogP contribution in [0.2, 0.25) is 0 Å². The number of carbonyl (C=O) groups excluding carboxylic acids is 2. The van der Waals surface area contributed by atoms with Gasteiger partial charge in [-0.2, -0.15) is 0 Å². The second-order valence-corrected chi connectivity index (χ2v) is 10.7. The molecule has 0 radical (unpaired) electrons. The second-order valence-electron chi connectivity index (χ2n) is 10.7. The Morgan fingerprint density at radius 3 is 2.24 bits per heavy atom. The number of nitrogens with one attached hydrogen (secondary N) is 3. The van der Waals surface area contributed by atoms with Crippen molar-refractivity contribution < 1.29 is 9.59 Å². The number of nitrogen functional groups attached to an aromatic ring is 1. The number of fused-ring (bicyclic) bond motifs is 1. The molecule has 4 aromatic rings. The van der Waals surface area contributed by atoms with E-state index in [1.54, 1.807) is 36.4 Å². The van der Waals surface area contributed by atoms with Crippen molar-refractivity contribution in [2.24, 2.45) is 5.73 Å². The van der Waals surface area contributed by atoms with Crippen LogP contribution in [0.5, 0.6) is 0 Å². The maximum absolute atomic E-state index is 13.7. The van der Waals surface area contributed by atoms with Crippen molar-refractivity contribution in [2.75, 3.05) is 0 Å². The highest BCUT2D eigenvalue weighted by Gasteiger charge is 2.20. The number of hydrogen-bond acceptors (Lipinski definition) is 5. The molecule has 1 heterocycles. The van der Waals surface area contributed by atoms with Gasteiger partial charge >= 0.3 is 5.69 Å². The molecule has 0 unspecified atom stereocenters. The van der Waals surface area contributed by atoms with Gasteiger partial charge in [0.25, 0.3) is 11.5 Å². The van der Waals surface area contributed by atoms with E-state index >= 15 is 0 Å². The van der Waals surface area contributed by atoms with Crippen molar-refractivity contribution in [1.29, 1.82) is 5.41 Å². The number of hydrogen-bond donors (Lipinski definition) is 4. The van der Waals surface area contributed by atoms with E-state index in [1.807, 2.05) is 30.3 Å². The van der Waals surface area contributed by atoms with Crippen molar-refractivity contribution in [2.45, 2.75) is 57.8 Å². The summed E-state index contributed by atoms with van der Waals surface area (Å²) in [6.45, 7) is -0.103. The molecular formula is C32H34N6O4. The second kappa shape index (κ2) is 12.7. The number of nitrogens with zero attached hydrogens (tertiary/aromatic N) is 2. The van der Waals surface area contributed by atoms with Crippen LogP contribution in [-0.4, -0.2) is 32.8 Å². The fraction of sp³-hybridized carbons (Fsp3) is 0.281. The van der Waals surface area contributed by atoms with E-state index in [4.69, 9.17) is 11.1 Å². The lowest BCUT2D eigenvalue weighted by Gasteiger charge is -2.23. The summed E-state index contributed by atoms with van der Waals surface area (Å²) in [6, 6.07) is 20.8. The molecule has 0 spiro atoms. The van der Waals surface area contributed by atoms with Gasteiger partial charge in [-0.05, 0) is 42.2 Å². The lowest BCUT2D eigenvalue weighted by atomic mass is 9.95. The summed E-state index contributed by atoms with van der Waals surface area (Å²) in [4.78, 5) is 53.4. The van der Waals surface area contributed by atoms with E-state index in [1.165, 1.54) is 10.6 Å². The van der Waals surface area contributed by atoms with Crippen LogP contribution >= 0.6 is 0 Å². The van der Waals surface area contributed by atoms with E-state index in [9.17, 15) is 19.2 Å². The molecule has 216 valence electrons. The van der Waals surface area contributed by atoms with Gasteiger partial charge in [0.15, 0.2) is 0 Å². The third-order valence-electron chi connectivity index (χ3n) is 7.67. The van der Waals surface area contributed by atoms with Crippen LogP contribution in [0, 0.1) is 5.41 Å². The molecular weight excluding hydrogens is 532 g/mol. The summed E-state index contributed by atoms with van der Waals surface area (Å²) < 4.78 is 2.37. The summed E-state index contributed by atoms with van der Waals surface area (Å²) in [7, 11) is 0. The summed E-state index contributed by atoms with van der Waals surface area (Å²) in [5.41, 5.74) is 7.08. The maximum atomic E-state index is 13.7. The zero-order valence-corrected chi connectivity index (χ0v) is 23.3. The third kappa shape index (κ3) is 6.49. The lowest BCUT2D eigenvalue weighted by molar-refractivity contribution is -0.121. The fourth-order valence-electron chi connectivity index (χ4n) is 5.33. The summed E-state index contributed by atoms with van der Waals surface area (Å²) in [5.74, 6) is -0.750. The Bertz CT molecular complexity index is 1740. The molecule has 0 aliphatic heterocycles. The first-order valence-electron chi connectivity index (χ1n) is 14.1. The highest BCUT2D eigenvalue weighted by molar-refractivity contribution is 5.98. The minimum absolute atomic E-state index is 0.0441. The van der Waals surface area contributed by atoms with Crippen LogP contribution in [0.1, 0.15) is 59.2 Å². The molecule has 0 saturated heterocycles. The van der Waals surface area contributed by atoms with Crippen molar-refractivity contribution in [1.82, 2.24) is 19.8 Å². The third-order valence-corrected chi connectivity index (χ3v) is 7.67. The fourth-order valence-corrected chi connectivity index (χ4v) is 5.33. The number of carbonyl (C=O) groups is 2. The van der Waals surface area contributed by atoms with Gasteiger partial charge < -0.3 is 16.4 Å². The van der Waals surface area contributed by atoms with E-state index in [2.05, 4.69) is 10.6 Å². The minimum atomic E-state index is -0.637. The van der Waals surface area contributed by atoms with Crippen LogP contribution in [0.25, 0.3) is 10.9 Å². The van der Waals surface area contributed by atoms with Gasteiger partial charge in [0.1, 0.15) is 12.4 Å². The van der Waals surface area contributed by atoms with Gasteiger partial charge in [0.05, 0.1) is 17.4 Å². The standard InChI is InChI=1S/C32H34N6O4/c33-29(34)23-13-11-21(12-14-23)18-35-28(39)20-37-27-17-24(30(40)36-25-9-5-2-6-10-25)15-16-26(27)31(41)38(32(37)42)19-22-7-3-1-4-8-22/h1,3-4,7-8,11-17,25H,2,5-6,9-10,18-20H2,(H3,33,34)(H,35,39)(H,36,40). The predicted octanol–water partition coefficient (Wildman–Crippen LogP) is 2.87. The van der Waals surface area contributed by atoms with Crippen molar-refractivity contribution in [3.05, 3.63) is 116 Å². The van der Waals surface area contributed by atoms with Crippen molar-refractivity contribution in [3.8, 4) is 0 Å². The highest BCUT2D eigenvalue weighted by Crippen LogP contribution is 2.19. The number of amides is 2. The molecule has 1 saturated carbocycles. The summed E-state index contributed by atoms with van der Waals surface area (Å²) >= 11 is 0. The summed E-state index contributed by atoms with van der Waals surface area (Å²) in [5, 5.41) is 13.7. The normalized spacial score (nSPS) is 13.5. The molecule has 3 aromatic carbocycles. The molecule has 1 aliphatic carbocycles. The number of aromatic nitrogens is 2. The molecule has 1 aliphatic rings. The van der Waals surface area contributed by atoms with Gasteiger partial charge in [-0.1, -0.05) is 73.9 Å². The van der Waals surface area contributed by atoms with Crippen LogP contribution < -0.4 is 27.6 Å². The molecule has 0 bridgehead atoms. The smallest absolute Gasteiger partial charge is 0.332 e. The Hall–Kier alpha value is -4.99. The molecule has 5 N–H and O–H groups in total. The number of nitrogens with two attached hydrogens (primary N) is 1.